The first-order valence-corrected chi connectivity index (χ1v) is 11.4. The van der Waals surface area contributed by atoms with Crippen LogP contribution in [0, 0.1) is 11.6 Å². The maximum atomic E-state index is 14.6. The van der Waals surface area contributed by atoms with Gasteiger partial charge in [-0.1, -0.05) is 48.2 Å². The van der Waals surface area contributed by atoms with Crippen LogP contribution in [0.3, 0.4) is 0 Å². The largest absolute Gasteiger partial charge is 0.355 e. The molecule has 0 radical (unpaired) electrons. The number of amides is 1. The number of halogens is 2. The molecule has 2 aromatic heterocycles. The van der Waals surface area contributed by atoms with Gasteiger partial charge in [-0.05, 0) is 30.0 Å². The van der Waals surface area contributed by atoms with E-state index in [4.69, 9.17) is 0 Å². The molecule has 1 amide bonds. The zero-order valence-corrected chi connectivity index (χ0v) is 17.9. The van der Waals surface area contributed by atoms with E-state index in [9.17, 15) is 13.6 Å². The average molecular weight is 457 g/mol. The summed E-state index contributed by atoms with van der Waals surface area (Å²) < 4.78 is 29.5. The molecule has 0 saturated heterocycles. The second kappa shape index (κ2) is 9.84. The van der Waals surface area contributed by atoms with Crippen molar-refractivity contribution < 1.29 is 13.6 Å². The molecule has 0 aliphatic rings. The maximum Gasteiger partial charge on any atom is 0.230 e. The number of rotatable bonds is 8. The van der Waals surface area contributed by atoms with Crippen LogP contribution in [-0.2, 0) is 11.2 Å². The van der Waals surface area contributed by atoms with Crippen molar-refractivity contribution >= 4 is 29.0 Å². The fourth-order valence-electron chi connectivity index (χ4n) is 2.98. The zero-order valence-electron chi connectivity index (χ0n) is 16.3. The molecular weight excluding hydrogens is 438 g/mol. The van der Waals surface area contributed by atoms with Crippen LogP contribution in [0.2, 0.25) is 0 Å². The van der Waals surface area contributed by atoms with Crippen molar-refractivity contribution in [1.29, 1.82) is 0 Å². The first kappa shape index (κ1) is 21.2. The van der Waals surface area contributed by atoms with Gasteiger partial charge >= 0.3 is 0 Å². The van der Waals surface area contributed by atoms with Crippen LogP contribution < -0.4 is 5.32 Å². The fourth-order valence-corrected chi connectivity index (χ4v) is 4.46. The van der Waals surface area contributed by atoms with Crippen molar-refractivity contribution in [2.75, 3.05) is 12.3 Å². The van der Waals surface area contributed by atoms with Gasteiger partial charge in [-0.25, -0.2) is 8.78 Å². The van der Waals surface area contributed by atoms with Gasteiger partial charge in [0, 0.05) is 23.1 Å². The SMILES string of the molecule is O=C(CSc1nnc(-c2ccccc2)n1-c1ccc(F)cc1F)NCCc1cccs1. The van der Waals surface area contributed by atoms with E-state index in [-0.39, 0.29) is 17.3 Å². The molecule has 0 aliphatic carbocycles. The number of hydrogen-bond donors (Lipinski definition) is 1. The number of benzene rings is 2. The Morgan fingerprint density at radius 2 is 1.90 bits per heavy atom. The molecule has 2 aromatic carbocycles. The fraction of sp³-hybridized carbons (Fsp3) is 0.136. The lowest BCUT2D eigenvalue weighted by Crippen LogP contribution is -2.27. The predicted molar refractivity (Wildman–Crippen MR) is 118 cm³/mol. The maximum absolute atomic E-state index is 14.6. The van der Waals surface area contributed by atoms with Gasteiger partial charge in [-0.2, -0.15) is 0 Å². The minimum absolute atomic E-state index is 0.0974. The summed E-state index contributed by atoms with van der Waals surface area (Å²) in [6.07, 6.45) is 0.767. The zero-order chi connectivity index (χ0) is 21.6. The highest BCUT2D eigenvalue weighted by Crippen LogP contribution is 2.29. The Balaban J connectivity index is 1.53. The van der Waals surface area contributed by atoms with E-state index >= 15 is 0 Å². The molecule has 9 heteroatoms. The quantitative estimate of drug-likeness (QED) is 0.390. The third-order valence-electron chi connectivity index (χ3n) is 4.42. The molecule has 4 rings (SSSR count). The molecule has 4 aromatic rings. The number of hydrogen-bond acceptors (Lipinski definition) is 5. The number of carbonyl (C=O) groups excluding carboxylic acids is 1. The summed E-state index contributed by atoms with van der Waals surface area (Å²) in [5.41, 5.74) is 0.844. The molecular formula is C22H18F2N4OS2. The normalized spacial score (nSPS) is 10.9. The summed E-state index contributed by atoms with van der Waals surface area (Å²) in [4.78, 5) is 13.5. The Bertz CT molecular complexity index is 1160. The summed E-state index contributed by atoms with van der Waals surface area (Å²) in [6, 6.07) is 16.5. The summed E-state index contributed by atoms with van der Waals surface area (Å²) in [6.45, 7) is 0.536. The topological polar surface area (TPSA) is 59.8 Å². The molecule has 0 unspecified atom stereocenters. The monoisotopic (exact) mass is 456 g/mol. The first-order valence-electron chi connectivity index (χ1n) is 9.50. The van der Waals surface area contributed by atoms with Crippen LogP contribution in [0.25, 0.3) is 17.1 Å². The number of aromatic nitrogens is 3. The van der Waals surface area contributed by atoms with Gasteiger partial charge in [0.2, 0.25) is 5.91 Å². The Labute approximate surface area is 186 Å². The Morgan fingerprint density at radius 1 is 1.06 bits per heavy atom. The molecule has 0 saturated carbocycles. The molecule has 0 fully saturated rings. The molecule has 0 bridgehead atoms. The van der Waals surface area contributed by atoms with Crippen molar-refractivity contribution in [3.63, 3.8) is 0 Å². The van der Waals surface area contributed by atoms with Crippen molar-refractivity contribution in [2.24, 2.45) is 0 Å². The van der Waals surface area contributed by atoms with E-state index in [1.165, 1.54) is 21.6 Å². The average Bonchev–Trinajstić information content (AvgIpc) is 3.43. The van der Waals surface area contributed by atoms with Gasteiger partial charge in [-0.15, -0.1) is 21.5 Å². The van der Waals surface area contributed by atoms with E-state index in [1.807, 2.05) is 47.8 Å². The van der Waals surface area contributed by atoms with Crippen LogP contribution in [0.4, 0.5) is 8.78 Å². The summed E-state index contributed by atoms with van der Waals surface area (Å²) in [7, 11) is 0. The lowest BCUT2D eigenvalue weighted by Gasteiger charge is -2.11. The van der Waals surface area contributed by atoms with Gasteiger partial charge < -0.3 is 5.32 Å². The lowest BCUT2D eigenvalue weighted by molar-refractivity contribution is -0.118. The lowest BCUT2D eigenvalue weighted by atomic mass is 10.2. The Morgan fingerprint density at radius 3 is 2.65 bits per heavy atom. The predicted octanol–water partition coefficient (Wildman–Crippen LogP) is 4.73. The second-order valence-corrected chi connectivity index (χ2v) is 8.55. The van der Waals surface area contributed by atoms with Gasteiger partial charge in [0.05, 0.1) is 11.4 Å². The molecule has 2 heterocycles. The van der Waals surface area contributed by atoms with E-state index < -0.39 is 11.6 Å². The van der Waals surface area contributed by atoms with Crippen LogP contribution in [0.5, 0.6) is 0 Å². The Hall–Kier alpha value is -3.04. The third-order valence-corrected chi connectivity index (χ3v) is 6.29. The number of nitrogens with one attached hydrogen (secondary N) is 1. The number of thioether (sulfide) groups is 1. The molecule has 0 aliphatic heterocycles. The highest BCUT2D eigenvalue weighted by molar-refractivity contribution is 7.99. The first-order chi connectivity index (χ1) is 15.1. The molecule has 158 valence electrons. The van der Waals surface area contributed by atoms with Crippen LogP contribution in [0.1, 0.15) is 4.88 Å². The second-order valence-electron chi connectivity index (χ2n) is 6.57. The van der Waals surface area contributed by atoms with Crippen LogP contribution in [0.15, 0.2) is 71.2 Å². The molecule has 1 N–H and O–H groups in total. The number of carbonyl (C=O) groups is 1. The van der Waals surface area contributed by atoms with Gasteiger partial charge in [0.15, 0.2) is 11.0 Å². The number of thiophene rings is 1. The van der Waals surface area contributed by atoms with Crippen molar-refractivity contribution in [1.82, 2.24) is 20.1 Å². The van der Waals surface area contributed by atoms with Crippen molar-refractivity contribution in [3.8, 4) is 17.1 Å². The minimum atomic E-state index is -0.737. The molecule has 0 atom stereocenters. The highest BCUT2D eigenvalue weighted by atomic mass is 32.2. The van der Waals surface area contributed by atoms with E-state index in [0.717, 1.165) is 29.8 Å². The standard InChI is InChI=1S/C22H18F2N4OS2/c23-16-8-9-19(18(24)13-16)28-21(15-5-2-1-3-6-15)26-27-22(28)31-14-20(29)25-11-10-17-7-4-12-30-17/h1-9,12-13H,10-11,14H2,(H,25,29). The van der Waals surface area contributed by atoms with Crippen molar-refractivity contribution in [3.05, 3.63) is 82.6 Å². The summed E-state index contributed by atoms with van der Waals surface area (Å²) in [5.74, 6) is -1.06. The van der Waals surface area contributed by atoms with E-state index in [0.29, 0.717) is 17.5 Å². The van der Waals surface area contributed by atoms with E-state index in [1.54, 1.807) is 11.3 Å². The van der Waals surface area contributed by atoms with E-state index in [2.05, 4.69) is 15.5 Å². The van der Waals surface area contributed by atoms with Gasteiger partial charge in [0.1, 0.15) is 11.6 Å². The molecule has 31 heavy (non-hydrogen) atoms. The molecule has 5 nitrogen and oxygen atoms in total. The van der Waals surface area contributed by atoms with Crippen LogP contribution in [-0.4, -0.2) is 33.0 Å². The van der Waals surface area contributed by atoms with Crippen LogP contribution >= 0.6 is 23.1 Å². The molecule has 0 spiro atoms. The summed E-state index contributed by atoms with van der Waals surface area (Å²) in [5, 5.41) is 13.6. The number of nitrogens with zero attached hydrogens (tertiary/aromatic N) is 3. The van der Waals surface area contributed by atoms with Gasteiger partial charge in [0.25, 0.3) is 0 Å². The van der Waals surface area contributed by atoms with Crippen molar-refractivity contribution in [2.45, 2.75) is 11.6 Å². The smallest absolute Gasteiger partial charge is 0.230 e. The summed E-state index contributed by atoms with van der Waals surface area (Å²) >= 11 is 2.79. The third kappa shape index (κ3) is 5.18. The highest BCUT2D eigenvalue weighted by Gasteiger charge is 2.20. The Kier molecular flexibility index (Phi) is 6.73. The minimum Gasteiger partial charge on any atom is -0.355 e. The van der Waals surface area contributed by atoms with Gasteiger partial charge in [-0.3, -0.25) is 9.36 Å².